The van der Waals surface area contributed by atoms with E-state index in [1.54, 1.807) is 0 Å². The minimum absolute atomic E-state index is 0.0898. The fourth-order valence-corrected chi connectivity index (χ4v) is 1.56. The van der Waals surface area contributed by atoms with Crippen LogP contribution >= 0.6 is 0 Å². The van der Waals surface area contributed by atoms with E-state index in [4.69, 9.17) is 0 Å². The second-order valence-electron chi connectivity index (χ2n) is 4.13. The number of hydrogen-bond donors (Lipinski definition) is 1. The van der Waals surface area contributed by atoms with E-state index in [0.717, 1.165) is 18.3 Å². The van der Waals surface area contributed by atoms with E-state index < -0.39 is 34.9 Å². The van der Waals surface area contributed by atoms with Gasteiger partial charge in [0.2, 0.25) is 0 Å². The fraction of sp³-hybridized carbons (Fsp3) is 0.0769. The molecule has 2 rings (SSSR count). The number of benzene rings is 1. The molecule has 0 unspecified atom stereocenters. The molecule has 1 amide bonds. The summed E-state index contributed by atoms with van der Waals surface area (Å²) < 4.78 is 17.7. The summed E-state index contributed by atoms with van der Waals surface area (Å²) in [6.07, 6.45) is 3.79. The molecule has 0 aliphatic carbocycles. The van der Waals surface area contributed by atoms with E-state index in [1.807, 2.05) is 0 Å². The maximum atomic E-state index is 13.0. The summed E-state index contributed by atoms with van der Waals surface area (Å²) >= 11 is 0. The minimum Gasteiger partial charge on any atom is -0.451 e. The average Bonchev–Trinajstić information content (AvgIpc) is 2.55. The van der Waals surface area contributed by atoms with Crippen LogP contribution in [0.3, 0.4) is 0 Å². The lowest BCUT2D eigenvalue weighted by atomic mass is 10.2. The van der Waals surface area contributed by atoms with Crippen LogP contribution in [-0.2, 0) is 9.53 Å². The number of carbonyl (C=O) groups is 2. The fourth-order valence-electron chi connectivity index (χ4n) is 1.56. The van der Waals surface area contributed by atoms with Crippen molar-refractivity contribution in [3.8, 4) is 0 Å². The molecule has 1 aromatic heterocycles. The highest BCUT2D eigenvalue weighted by molar-refractivity contribution is 5.96. The van der Waals surface area contributed by atoms with Crippen LogP contribution in [0, 0.1) is 15.9 Å². The smallest absolute Gasteiger partial charge is 0.359 e. The molecule has 10 heteroatoms. The topological polar surface area (TPSA) is 124 Å². The third kappa shape index (κ3) is 4.27. The maximum absolute atomic E-state index is 13.0. The first-order valence-corrected chi connectivity index (χ1v) is 6.14. The maximum Gasteiger partial charge on any atom is 0.359 e. The zero-order valence-electron chi connectivity index (χ0n) is 11.4. The van der Waals surface area contributed by atoms with Crippen LogP contribution in [0.5, 0.6) is 0 Å². The van der Waals surface area contributed by atoms with Crippen LogP contribution in [0.1, 0.15) is 10.5 Å². The number of nitro benzene ring substituents is 1. The molecule has 0 atom stereocenters. The van der Waals surface area contributed by atoms with Gasteiger partial charge in [-0.2, -0.15) is 0 Å². The van der Waals surface area contributed by atoms with Crippen LogP contribution in [0.2, 0.25) is 0 Å². The van der Waals surface area contributed by atoms with E-state index >= 15 is 0 Å². The van der Waals surface area contributed by atoms with Crippen molar-refractivity contribution in [1.82, 2.24) is 9.97 Å². The van der Waals surface area contributed by atoms with Crippen molar-refractivity contribution in [2.24, 2.45) is 0 Å². The number of nitrogens with zero attached hydrogens (tertiary/aromatic N) is 3. The molecule has 0 saturated carbocycles. The van der Waals surface area contributed by atoms with Gasteiger partial charge in [-0.25, -0.2) is 14.2 Å². The molecular weight excluding hydrogens is 311 g/mol. The van der Waals surface area contributed by atoms with E-state index in [9.17, 15) is 24.1 Å². The van der Waals surface area contributed by atoms with Crippen LogP contribution in [0.4, 0.5) is 15.8 Å². The molecule has 0 aliphatic heterocycles. The van der Waals surface area contributed by atoms with Crippen LogP contribution in [0.25, 0.3) is 0 Å². The second kappa shape index (κ2) is 7.02. The summed E-state index contributed by atoms with van der Waals surface area (Å²) in [5.41, 5.74) is -0.913. The van der Waals surface area contributed by atoms with Crippen LogP contribution in [0.15, 0.2) is 36.8 Å². The van der Waals surface area contributed by atoms with Crippen molar-refractivity contribution in [2.45, 2.75) is 0 Å². The summed E-state index contributed by atoms with van der Waals surface area (Å²) in [4.78, 5) is 40.5. The molecule has 9 nitrogen and oxygen atoms in total. The number of anilines is 1. The van der Waals surface area contributed by atoms with Crippen molar-refractivity contribution in [3.63, 3.8) is 0 Å². The van der Waals surface area contributed by atoms with Gasteiger partial charge in [0, 0.05) is 12.4 Å². The molecule has 118 valence electrons. The summed E-state index contributed by atoms with van der Waals surface area (Å²) in [7, 11) is 0. The highest BCUT2D eigenvalue weighted by Crippen LogP contribution is 2.24. The van der Waals surface area contributed by atoms with Gasteiger partial charge in [-0.15, -0.1) is 0 Å². The zero-order chi connectivity index (χ0) is 16.8. The quantitative estimate of drug-likeness (QED) is 0.500. The molecule has 1 aromatic carbocycles. The number of ether oxygens (including phenoxy) is 1. The lowest BCUT2D eigenvalue weighted by molar-refractivity contribution is -0.384. The molecule has 0 bridgehead atoms. The molecule has 0 spiro atoms. The van der Waals surface area contributed by atoms with E-state index in [2.05, 4.69) is 20.0 Å². The zero-order valence-corrected chi connectivity index (χ0v) is 11.4. The normalized spacial score (nSPS) is 9.96. The third-order valence-corrected chi connectivity index (χ3v) is 2.54. The second-order valence-corrected chi connectivity index (χ2v) is 4.13. The Bertz CT molecular complexity index is 753. The summed E-state index contributed by atoms with van der Waals surface area (Å²) in [5, 5.41) is 13.0. The Labute approximate surface area is 128 Å². The number of aromatic nitrogens is 2. The Balaban J connectivity index is 1.98. The summed E-state index contributed by atoms with van der Waals surface area (Å²) in [5.74, 6) is -2.51. The monoisotopic (exact) mass is 320 g/mol. The van der Waals surface area contributed by atoms with Gasteiger partial charge in [-0.05, 0) is 12.1 Å². The largest absolute Gasteiger partial charge is 0.451 e. The Morgan fingerprint density at radius 1 is 1.35 bits per heavy atom. The molecule has 1 N–H and O–H groups in total. The Morgan fingerprint density at radius 2 is 2.13 bits per heavy atom. The Kier molecular flexibility index (Phi) is 4.87. The van der Waals surface area contributed by atoms with Gasteiger partial charge < -0.3 is 10.1 Å². The van der Waals surface area contributed by atoms with Crippen LogP contribution in [-0.4, -0.2) is 33.4 Å². The van der Waals surface area contributed by atoms with Crippen LogP contribution < -0.4 is 5.32 Å². The lowest BCUT2D eigenvalue weighted by Gasteiger charge is -2.06. The van der Waals surface area contributed by atoms with Gasteiger partial charge in [-0.1, -0.05) is 0 Å². The predicted molar refractivity (Wildman–Crippen MR) is 74.0 cm³/mol. The van der Waals surface area contributed by atoms with Gasteiger partial charge in [-0.3, -0.25) is 19.9 Å². The highest BCUT2D eigenvalue weighted by Gasteiger charge is 2.18. The molecule has 23 heavy (non-hydrogen) atoms. The Hall–Kier alpha value is -3.43. The Morgan fingerprint density at radius 3 is 2.78 bits per heavy atom. The van der Waals surface area contributed by atoms with Crippen molar-refractivity contribution < 1.29 is 23.6 Å². The number of nitro groups is 1. The first kappa shape index (κ1) is 15.9. The number of nitrogens with one attached hydrogen (secondary N) is 1. The first-order chi connectivity index (χ1) is 11.0. The number of hydrogen-bond acceptors (Lipinski definition) is 7. The molecule has 0 fully saturated rings. The van der Waals surface area contributed by atoms with E-state index in [-0.39, 0.29) is 11.4 Å². The van der Waals surface area contributed by atoms with Crippen molar-refractivity contribution in [3.05, 3.63) is 58.4 Å². The number of halogens is 1. The van der Waals surface area contributed by atoms with Crippen molar-refractivity contribution in [1.29, 1.82) is 0 Å². The van der Waals surface area contributed by atoms with Crippen molar-refractivity contribution >= 4 is 23.3 Å². The van der Waals surface area contributed by atoms with Crippen molar-refractivity contribution in [2.75, 3.05) is 11.9 Å². The van der Waals surface area contributed by atoms with Gasteiger partial charge >= 0.3 is 5.97 Å². The number of carbonyl (C=O) groups excluding carboxylic acids is 2. The van der Waals surface area contributed by atoms with Gasteiger partial charge in [0.05, 0.1) is 17.2 Å². The molecule has 0 saturated heterocycles. The SMILES string of the molecule is O=C(COC(=O)c1cnccn1)Nc1ccc(F)cc1[N+](=O)[O-]. The highest BCUT2D eigenvalue weighted by atomic mass is 19.1. The molecule has 0 radical (unpaired) electrons. The molecular formula is C13H9FN4O5. The summed E-state index contributed by atoms with van der Waals surface area (Å²) in [6.45, 7) is -0.691. The average molecular weight is 320 g/mol. The number of rotatable bonds is 5. The lowest BCUT2D eigenvalue weighted by Crippen LogP contribution is -2.21. The number of amides is 1. The predicted octanol–water partition coefficient (Wildman–Crippen LogP) is 1.32. The molecule has 0 aliphatic rings. The first-order valence-electron chi connectivity index (χ1n) is 6.14. The third-order valence-electron chi connectivity index (χ3n) is 2.54. The van der Waals surface area contributed by atoms with Gasteiger partial charge in [0.1, 0.15) is 11.5 Å². The minimum atomic E-state index is -0.873. The standard InChI is InChI=1S/C13H9FN4O5/c14-8-1-2-9(11(5-8)18(21)22)17-12(19)7-23-13(20)10-6-15-3-4-16-10/h1-6H,7H2,(H,17,19). The van der Waals surface area contributed by atoms with Gasteiger partial charge in [0.15, 0.2) is 12.3 Å². The van der Waals surface area contributed by atoms with Gasteiger partial charge in [0.25, 0.3) is 11.6 Å². The number of esters is 1. The van der Waals surface area contributed by atoms with E-state index in [0.29, 0.717) is 6.07 Å². The summed E-state index contributed by atoms with van der Waals surface area (Å²) in [6, 6.07) is 2.66. The molecule has 2 aromatic rings. The molecule has 1 heterocycles. The van der Waals surface area contributed by atoms with E-state index in [1.165, 1.54) is 12.4 Å².